The first kappa shape index (κ1) is 13.6. The molecule has 0 bridgehead atoms. The second kappa shape index (κ2) is 5.94. The zero-order valence-electron chi connectivity index (χ0n) is 11.7. The van der Waals surface area contributed by atoms with Gasteiger partial charge in [0.05, 0.1) is 0 Å². The number of hydrogen-bond donors (Lipinski definition) is 1. The van der Waals surface area contributed by atoms with E-state index in [-0.39, 0.29) is 0 Å². The third-order valence-corrected chi connectivity index (χ3v) is 5.35. The van der Waals surface area contributed by atoms with E-state index >= 15 is 0 Å². The molecular weight excluding hydrogens is 300 g/mol. The minimum atomic E-state index is 0.701. The van der Waals surface area contributed by atoms with E-state index in [4.69, 9.17) is 0 Å². The predicted octanol–water partition coefficient (Wildman–Crippen LogP) is 3.47. The Morgan fingerprint density at radius 3 is 3.05 bits per heavy atom. The van der Waals surface area contributed by atoms with Crippen molar-refractivity contribution < 1.29 is 0 Å². The van der Waals surface area contributed by atoms with Crippen LogP contribution in [0.4, 0.5) is 0 Å². The molecule has 2 atom stereocenters. The Balaban J connectivity index is 1.54. The molecule has 2 heterocycles. The minimum absolute atomic E-state index is 0.701. The van der Waals surface area contributed by atoms with Crippen LogP contribution in [0.3, 0.4) is 0 Å². The number of fused-ring (bicyclic) bond motifs is 1. The molecule has 0 aliphatic carbocycles. The Bertz CT molecular complexity index is 446. The van der Waals surface area contributed by atoms with Crippen LogP contribution in [0.5, 0.6) is 0 Å². The van der Waals surface area contributed by atoms with Crippen LogP contribution in [0.2, 0.25) is 0 Å². The van der Waals surface area contributed by atoms with Crippen LogP contribution in [0.25, 0.3) is 0 Å². The Morgan fingerprint density at radius 1 is 1.32 bits per heavy atom. The topological polar surface area (TPSA) is 15.3 Å². The van der Waals surface area contributed by atoms with Gasteiger partial charge in [-0.3, -0.25) is 0 Å². The highest BCUT2D eigenvalue weighted by Gasteiger charge is 2.31. The first-order chi connectivity index (χ1) is 9.22. The van der Waals surface area contributed by atoms with E-state index in [2.05, 4.69) is 51.3 Å². The highest BCUT2D eigenvalue weighted by molar-refractivity contribution is 9.10. The standard InChI is InChI=1S/C16H23BrN2/c1-12-4-5-13(16(17)9-12)11-18-14-6-8-19-7-2-3-15(19)10-14/h4-5,9,14-15,18H,2-3,6-8,10-11H2,1H3. The van der Waals surface area contributed by atoms with Gasteiger partial charge in [0, 0.05) is 23.1 Å². The first-order valence-electron chi connectivity index (χ1n) is 7.45. The van der Waals surface area contributed by atoms with E-state index < -0.39 is 0 Å². The van der Waals surface area contributed by atoms with Gasteiger partial charge < -0.3 is 10.2 Å². The van der Waals surface area contributed by atoms with Gasteiger partial charge in [-0.1, -0.05) is 28.1 Å². The van der Waals surface area contributed by atoms with Crippen LogP contribution in [0.15, 0.2) is 22.7 Å². The molecule has 104 valence electrons. The third-order valence-electron chi connectivity index (χ3n) is 4.61. The molecule has 0 radical (unpaired) electrons. The van der Waals surface area contributed by atoms with Gasteiger partial charge in [-0.15, -0.1) is 0 Å². The van der Waals surface area contributed by atoms with Crippen molar-refractivity contribution in [1.29, 1.82) is 0 Å². The van der Waals surface area contributed by atoms with Crippen molar-refractivity contribution in [2.75, 3.05) is 13.1 Å². The number of aryl methyl sites for hydroxylation is 1. The lowest BCUT2D eigenvalue weighted by molar-refractivity contribution is 0.166. The van der Waals surface area contributed by atoms with E-state index in [1.807, 2.05) is 0 Å². The molecule has 0 aromatic heterocycles. The number of hydrogen-bond acceptors (Lipinski definition) is 2. The van der Waals surface area contributed by atoms with E-state index in [1.165, 1.54) is 54.4 Å². The van der Waals surface area contributed by atoms with Crippen molar-refractivity contribution in [3.05, 3.63) is 33.8 Å². The molecule has 0 amide bonds. The van der Waals surface area contributed by atoms with Crippen LogP contribution in [0.1, 0.15) is 36.8 Å². The maximum absolute atomic E-state index is 3.75. The summed E-state index contributed by atoms with van der Waals surface area (Å²) in [6.45, 7) is 5.74. The Labute approximate surface area is 124 Å². The van der Waals surface area contributed by atoms with E-state index in [0.29, 0.717) is 6.04 Å². The molecule has 3 heteroatoms. The maximum atomic E-state index is 3.75. The fraction of sp³-hybridized carbons (Fsp3) is 0.625. The molecule has 1 aromatic carbocycles. The van der Waals surface area contributed by atoms with Gasteiger partial charge in [0.2, 0.25) is 0 Å². The summed E-state index contributed by atoms with van der Waals surface area (Å²) in [4.78, 5) is 2.68. The predicted molar refractivity (Wildman–Crippen MR) is 83.3 cm³/mol. The first-order valence-corrected chi connectivity index (χ1v) is 8.24. The highest BCUT2D eigenvalue weighted by Crippen LogP contribution is 2.27. The second-order valence-corrected chi connectivity index (χ2v) is 6.88. The van der Waals surface area contributed by atoms with Crippen LogP contribution in [0, 0.1) is 6.92 Å². The van der Waals surface area contributed by atoms with E-state index in [1.54, 1.807) is 0 Å². The van der Waals surface area contributed by atoms with Crippen molar-refractivity contribution in [2.24, 2.45) is 0 Å². The lowest BCUT2D eigenvalue weighted by Crippen LogP contribution is -2.45. The lowest BCUT2D eigenvalue weighted by atomic mass is 9.97. The third kappa shape index (κ3) is 3.21. The van der Waals surface area contributed by atoms with Crippen LogP contribution < -0.4 is 5.32 Å². The van der Waals surface area contributed by atoms with Gasteiger partial charge in [-0.2, -0.15) is 0 Å². The molecule has 2 aliphatic heterocycles. The number of piperidine rings is 1. The summed E-state index contributed by atoms with van der Waals surface area (Å²) in [7, 11) is 0. The van der Waals surface area contributed by atoms with Crippen LogP contribution in [-0.4, -0.2) is 30.1 Å². The quantitative estimate of drug-likeness (QED) is 0.916. The van der Waals surface area contributed by atoms with Gasteiger partial charge in [0.15, 0.2) is 0 Å². The van der Waals surface area contributed by atoms with Gasteiger partial charge in [-0.05, 0) is 62.9 Å². The van der Waals surface area contributed by atoms with Crippen LogP contribution >= 0.6 is 15.9 Å². The van der Waals surface area contributed by atoms with Crippen molar-refractivity contribution in [1.82, 2.24) is 10.2 Å². The Morgan fingerprint density at radius 2 is 2.21 bits per heavy atom. The molecule has 2 unspecified atom stereocenters. The van der Waals surface area contributed by atoms with Crippen LogP contribution in [-0.2, 0) is 6.54 Å². The van der Waals surface area contributed by atoms with Gasteiger partial charge in [0.1, 0.15) is 0 Å². The summed E-state index contributed by atoms with van der Waals surface area (Å²) in [5.41, 5.74) is 2.69. The smallest absolute Gasteiger partial charge is 0.0222 e. The zero-order valence-corrected chi connectivity index (χ0v) is 13.2. The molecule has 3 rings (SSSR count). The largest absolute Gasteiger partial charge is 0.310 e. The van der Waals surface area contributed by atoms with Crippen molar-refractivity contribution in [3.8, 4) is 0 Å². The summed E-state index contributed by atoms with van der Waals surface area (Å²) < 4.78 is 1.23. The fourth-order valence-electron chi connectivity index (χ4n) is 3.46. The summed E-state index contributed by atoms with van der Waals surface area (Å²) in [6, 6.07) is 8.19. The summed E-state index contributed by atoms with van der Waals surface area (Å²) in [5, 5.41) is 3.75. The number of rotatable bonds is 3. The minimum Gasteiger partial charge on any atom is -0.310 e. The van der Waals surface area contributed by atoms with Crippen molar-refractivity contribution in [2.45, 2.75) is 51.2 Å². The highest BCUT2D eigenvalue weighted by atomic mass is 79.9. The number of nitrogens with one attached hydrogen (secondary N) is 1. The van der Waals surface area contributed by atoms with Crippen molar-refractivity contribution in [3.63, 3.8) is 0 Å². The monoisotopic (exact) mass is 322 g/mol. The van der Waals surface area contributed by atoms with E-state index in [9.17, 15) is 0 Å². The fourth-order valence-corrected chi connectivity index (χ4v) is 4.09. The maximum Gasteiger partial charge on any atom is 0.0222 e. The molecule has 0 spiro atoms. The Kier molecular flexibility index (Phi) is 4.25. The van der Waals surface area contributed by atoms with Gasteiger partial charge >= 0.3 is 0 Å². The average Bonchev–Trinajstić information content (AvgIpc) is 2.85. The number of halogens is 1. The van der Waals surface area contributed by atoms with E-state index in [0.717, 1.165) is 12.6 Å². The molecular formula is C16H23BrN2. The molecule has 2 fully saturated rings. The molecule has 2 saturated heterocycles. The molecule has 2 nitrogen and oxygen atoms in total. The Hall–Kier alpha value is -0.380. The molecule has 1 N–H and O–H groups in total. The summed E-state index contributed by atoms with van der Waals surface area (Å²) in [6.07, 6.45) is 5.46. The van der Waals surface area contributed by atoms with Crippen molar-refractivity contribution >= 4 is 15.9 Å². The number of nitrogens with zero attached hydrogens (tertiary/aromatic N) is 1. The average molecular weight is 323 g/mol. The zero-order chi connectivity index (χ0) is 13.2. The van der Waals surface area contributed by atoms with Gasteiger partial charge in [0.25, 0.3) is 0 Å². The normalized spacial score (nSPS) is 27.5. The molecule has 1 aromatic rings. The summed E-state index contributed by atoms with van der Waals surface area (Å²) >= 11 is 3.67. The molecule has 19 heavy (non-hydrogen) atoms. The van der Waals surface area contributed by atoms with Gasteiger partial charge in [-0.25, -0.2) is 0 Å². The molecule has 0 saturated carbocycles. The molecule has 2 aliphatic rings. The SMILES string of the molecule is Cc1ccc(CNC2CCN3CCCC3C2)c(Br)c1. The lowest BCUT2D eigenvalue weighted by Gasteiger charge is -2.35. The summed E-state index contributed by atoms with van der Waals surface area (Å²) in [5.74, 6) is 0. The second-order valence-electron chi connectivity index (χ2n) is 6.03. The number of benzene rings is 1.